The van der Waals surface area contributed by atoms with Crippen molar-refractivity contribution in [1.29, 1.82) is 0 Å². The second-order valence-electron chi connectivity index (χ2n) is 3.11. The number of aromatic nitrogens is 1. The van der Waals surface area contributed by atoms with Crippen LogP contribution >= 0.6 is 15.9 Å². The SMILES string of the molecule is CCOC(C#Cc1cnc(Br)cc1N)OCC. The van der Waals surface area contributed by atoms with Gasteiger partial charge in [0.2, 0.25) is 6.29 Å². The standard InChI is InChI=1S/C12H15BrN2O2/c1-3-16-12(17-4-2)6-5-9-8-15-11(13)7-10(9)14/h7-8,12H,3-4H2,1-2H3,(H2,14,15). The van der Waals surface area contributed by atoms with Crippen molar-refractivity contribution in [3.05, 3.63) is 22.4 Å². The van der Waals surface area contributed by atoms with E-state index in [0.717, 1.165) is 0 Å². The molecule has 1 aromatic heterocycles. The van der Waals surface area contributed by atoms with Crippen LogP contribution in [0.15, 0.2) is 16.9 Å². The summed E-state index contributed by atoms with van der Waals surface area (Å²) in [5.41, 5.74) is 7.04. The molecule has 0 aliphatic rings. The van der Waals surface area contributed by atoms with Gasteiger partial charge in [0, 0.05) is 19.4 Å². The van der Waals surface area contributed by atoms with Crippen LogP contribution in [-0.4, -0.2) is 24.5 Å². The van der Waals surface area contributed by atoms with E-state index in [2.05, 4.69) is 32.8 Å². The Morgan fingerprint density at radius 2 is 2.06 bits per heavy atom. The first-order valence-corrected chi connectivity index (χ1v) is 6.12. The number of nitrogens with zero attached hydrogens (tertiary/aromatic N) is 1. The van der Waals surface area contributed by atoms with Gasteiger partial charge in [-0.2, -0.15) is 0 Å². The van der Waals surface area contributed by atoms with Crippen LogP contribution in [0.1, 0.15) is 19.4 Å². The van der Waals surface area contributed by atoms with Crippen molar-refractivity contribution in [2.24, 2.45) is 0 Å². The van der Waals surface area contributed by atoms with E-state index in [9.17, 15) is 0 Å². The number of hydrogen-bond donors (Lipinski definition) is 1. The van der Waals surface area contributed by atoms with Crippen molar-refractivity contribution in [3.63, 3.8) is 0 Å². The zero-order valence-electron chi connectivity index (χ0n) is 9.87. The molecule has 0 fully saturated rings. The molecule has 0 radical (unpaired) electrons. The van der Waals surface area contributed by atoms with Gasteiger partial charge < -0.3 is 15.2 Å². The van der Waals surface area contributed by atoms with Gasteiger partial charge in [0.05, 0.1) is 11.3 Å². The summed E-state index contributed by atoms with van der Waals surface area (Å²) in [5, 5.41) is 0. The highest BCUT2D eigenvalue weighted by atomic mass is 79.9. The Morgan fingerprint density at radius 3 is 2.59 bits per heavy atom. The van der Waals surface area contributed by atoms with Crippen molar-refractivity contribution in [3.8, 4) is 11.8 Å². The zero-order chi connectivity index (χ0) is 12.7. The van der Waals surface area contributed by atoms with E-state index in [1.807, 2.05) is 13.8 Å². The molecule has 0 saturated heterocycles. The maximum absolute atomic E-state index is 5.80. The van der Waals surface area contributed by atoms with E-state index >= 15 is 0 Å². The minimum atomic E-state index is -0.520. The molecule has 0 atom stereocenters. The second-order valence-corrected chi connectivity index (χ2v) is 3.92. The molecule has 0 spiro atoms. The minimum Gasteiger partial charge on any atom is -0.398 e. The predicted octanol–water partition coefficient (Wildman–Crippen LogP) is 2.18. The van der Waals surface area contributed by atoms with E-state index < -0.39 is 6.29 Å². The van der Waals surface area contributed by atoms with Gasteiger partial charge in [0.1, 0.15) is 4.60 Å². The van der Waals surface area contributed by atoms with E-state index in [-0.39, 0.29) is 0 Å². The molecular formula is C12H15BrN2O2. The fourth-order valence-electron chi connectivity index (χ4n) is 1.12. The Morgan fingerprint density at radius 1 is 1.41 bits per heavy atom. The topological polar surface area (TPSA) is 57.4 Å². The van der Waals surface area contributed by atoms with E-state index in [1.165, 1.54) is 0 Å². The molecule has 0 aliphatic heterocycles. The minimum absolute atomic E-state index is 0.520. The van der Waals surface area contributed by atoms with Crippen LogP contribution in [0.25, 0.3) is 0 Å². The first-order chi connectivity index (χ1) is 8.17. The predicted molar refractivity (Wildman–Crippen MR) is 70.3 cm³/mol. The Bertz CT molecular complexity index is 420. The van der Waals surface area contributed by atoms with E-state index in [1.54, 1.807) is 12.3 Å². The van der Waals surface area contributed by atoms with Crippen molar-refractivity contribution >= 4 is 21.6 Å². The zero-order valence-corrected chi connectivity index (χ0v) is 11.5. The fourth-order valence-corrected chi connectivity index (χ4v) is 1.47. The Labute approximate surface area is 110 Å². The number of halogens is 1. The van der Waals surface area contributed by atoms with Crippen LogP contribution in [0.2, 0.25) is 0 Å². The summed E-state index contributed by atoms with van der Waals surface area (Å²) in [7, 11) is 0. The lowest BCUT2D eigenvalue weighted by molar-refractivity contribution is -0.0969. The molecule has 2 N–H and O–H groups in total. The van der Waals surface area contributed by atoms with Crippen LogP contribution in [-0.2, 0) is 9.47 Å². The number of nitrogens with two attached hydrogens (primary N) is 1. The van der Waals surface area contributed by atoms with Crippen LogP contribution in [0.5, 0.6) is 0 Å². The van der Waals surface area contributed by atoms with Gasteiger partial charge in [0.25, 0.3) is 0 Å². The molecule has 1 rings (SSSR count). The van der Waals surface area contributed by atoms with E-state index in [4.69, 9.17) is 15.2 Å². The summed E-state index contributed by atoms with van der Waals surface area (Å²) in [6.07, 6.45) is 1.09. The first-order valence-electron chi connectivity index (χ1n) is 5.33. The smallest absolute Gasteiger partial charge is 0.222 e. The summed E-state index contributed by atoms with van der Waals surface area (Å²) in [6, 6.07) is 1.71. The highest BCUT2D eigenvalue weighted by Gasteiger charge is 2.03. The lowest BCUT2D eigenvalue weighted by atomic mass is 10.2. The highest BCUT2D eigenvalue weighted by Crippen LogP contribution is 2.14. The van der Waals surface area contributed by atoms with Gasteiger partial charge in [-0.15, -0.1) is 0 Å². The molecular weight excluding hydrogens is 284 g/mol. The normalized spacial score (nSPS) is 10.1. The summed E-state index contributed by atoms with van der Waals surface area (Å²) in [6.45, 7) is 4.88. The van der Waals surface area contributed by atoms with Gasteiger partial charge in [0.15, 0.2) is 0 Å². The summed E-state index contributed by atoms with van der Waals surface area (Å²) < 4.78 is 11.3. The van der Waals surface area contributed by atoms with Crippen molar-refractivity contribution in [2.75, 3.05) is 18.9 Å². The molecule has 0 aliphatic carbocycles. The Hall–Kier alpha value is -1.09. The summed E-state index contributed by atoms with van der Waals surface area (Å²) >= 11 is 3.24. The van der Waals surface area contributed by atoms with Crippen molar-refractivity contribution in [1.82, 2.24) is 4.98 Å². The molecule has 1 aromatic rings. The molecule has 92 valence electrons. The molecule has 4 nitrogen and oxygen atoms in total. The van der Waals surface area contributed by atoms with Crippen LogP contribution in [0.3, 0.4) is 0 Å². The van der Waals surface area contributed by atoms with Gasteiger partial charge in [-0.05, 0) is 41.8 Å². The molecule has 0 amide bonds. The fraction of sp³-hybridized carbons (Fsp3) is 0.417. The molecule has 0 unspecified atom stereocenters. The third-order valence-electron chi connectivity index (χ3n) is 1.86. The maximum Gasteiger partial charge on any atom is 0.222 e. The number of anilines is 1. The average Bonchev–Trinajstić information content (AvgIpc) is 2.28. The number of ether oxygens (including phenoxy) is 2. The number of pyridine rings is 1. The van der Waals surface area contributed by atoms with Crippen LogP contribution < -0.4 is 5.73 Å². The van der Waals surface area contributed by atoms with Gasteiger partial charge in [-0.25, -0.2) is 4.98 Å². The molecule has 1 heterocycles. The first kappa shape index (κ1) is 14.0. The molecule has 0 saturated carbocycles. The second kappa shape index (κ2) is 7.28. The van der Waals surface area contributed by atoms with Gasteiger partial charge in [-0.1, -0.05) is 5.92 Å². The number of rotatable bonds is 4. The highest BCUT2D eigenvalue weighted by molar-refractivity contribution is 9.10. The van der Waals surface area contributed by atoms with Gasteiger partial charge in [-0.3, -0.25) is 0 Å². The van der Waals surface area contributed by atoms with Crippen LogP contribution in [0.4, 0.5) is 5.69 Å². The third-order valence-corrected chi connectivity index (χ3v) is 2.30. The van der Waals surface area contributed by atoms with Crippen LogP contribution in [0, 0.1) is 11.8 Å². The maximum atomic E-state index is 5.80. The molecule has 5 heteroatoms. The third kappa shape index (κ3) is 4.73. The van der Waals surface area contributed by atoms with E-state index in [0.29, 0.717) is 29.1 Å². The van der Waals surface area contributed by atoms with Crippen molar-refractivity contribution < 1.29 is 9.47 Å². The average molecular weight is 299 g/mol. The molecule has 0 aromatic carbocycles. The lowest BCUT2D eigenvalue weighted by Crippen LogP contribution is -2.14. The molecule has 0 bridgehead atoms. The lowest BCUT2D eigenvalue weighted by Gasteiger charge is -2.09. The molecule has 17 heavy (non-hydrogen) atoms. The quantitative estimate of drug-likeness (QED) is 0.526. The summed E-state index contributed by atoms with van der Waals surface area (Å²) in [5.74, 6) is 5.77. The Balaban J connectivity index is 2.80. The van der Waals surface area contributed by atoms with Crippen molar-refractivity contribution in [2.45, 2.75) is 20.1 Å². The number of hydrogen-bond acceptors (Lipinski definition) is 4. The summed E-state index contributed by atoms with van der Waals surface area (Å²) in [4.78, 5) is 4.06. The number of nitrogen functional groups attached to an aromatic ring is 1. The monoisotopic (exact) mass is 298 g/mol. The van der Waals surface area contributed by atoms with Gasteiger partial charge >= 0.3 is 0 Å². The largest absolute Gasteiger partial charge is 0.398 e. The Kier molecular flexibility index (Phi) is 5.98.